The van der Waals surface area contributed by atoms with Crippen LogP contribution in [-0.2, 0) is 0 Å². The Balaban J connectivity index is 0.000000240. The second kappa shape index (κ2) is 14.5. The Morgan fingerprint density at radius 2 is 0.917 bits per heavy atom. The molecule has 0 unspecified atom stereocenters. The monoisotopic (exact) mass is 488 g/mol. The van der Waals surface area contributed by atoms with Crippen molar-refractivity contribution >= 4 is 0 Å². The third-order valence-corrected chi connectivity index (χ3v) is 5.65. The second-order valence-corrected chi connectivity index (χ2v) is 9.09. The van der Waals surface area contributed by atoms with Crippen LogP contribution in [0.1, 0.15) is 44.5 Å². The first-order chi connectivity index (χ1) is 16.8. The second-order valence-electron chi connectivity index (χ2n) is 9.09. The lowest BCUT2D eigenvalue weighted by molar-refractivity contribution is 0.467. The fourth-order valence-corrected chi connectivity index (χ4v) is 3.06. The van der Waals surface area contributed by atoms with Crippen LogP contribution in [0, 0.1) is 55.4 Å². The first-order valence-electron chi connectivity index (χ1n) is 11.9. The first kappa shape index (κ1) is 30.1. The number of aryl methyl sites for hydroxylation is 8. The molecule has 0 aliphatic heterocycles. The minimum atomic E-state index is 0.345. The van der Waals surface area contributed by atoms with Crippen molar-refractivity contribution in [1.82, 2.24) is 0 Å². The third-order valence-electron chi connectivity index (χ3n) is 5.65. The molecule has 36 heavy (non-hydrogen) atoms. The van der Waals surface area contributed by atoms with Crippen LogP contribution < -0.4 is 0 Å². The molecule has 0 amide bonds. The Morgan fingerprint density at radius 3 is 1.33 bits per heavy atom. The van der Waals surface area contributed by atoms with Gasteiger partial charge in [-0.1, -0.05) is 54.1 Å². The maximum Gasteiger partial charge on any atom is 0.121 e. The maximum absolute atomic E-state index is 9.21. The molecular formula is C32H40O4. The summed E-state index contributed by atoms with van der Waals surface area (Å²) in [5.41, 5.74) is 8.38. The molecule has 0 saturated carbocycles. The van der Waals surface area contributed by atoms with Gasteiger partial charge in [-0.05, 0) is 119 Å². The largest absolute Gasteiger partial charge is 0.508 e. The summed E-state index contributed by atoms with van der Waals surface area (Å²) >= 11 is 0. The van der Waals surface area contributed by atoms with Crippen molar-refractivity contribution in [1.29, 1.82) is 0 Å². The van der Waals surface area contributed by atoms with Crippen LogP contribution in [0.5, 0.6) is 23.0 Å². The zero-order chi connectivity index (χ0) is 27.4. The molecule has 0 spiro atoms. The summed E-state index contributed by atoms with van der Waals surface area (Å²) in [6, 6.07) is 22.3. The number of aromatic hydroxyl groups is 4. The molecule has 4 N–H and O–H groups in total. The Hall–Kier alpha value is -3.92. The number of hydrogen-bond donors (Lipinski definition) is 4. The van der Waals surface area contributed by atoms with Crippen molar-refractivity contribution in [2.75, 3.05) is 0 Å². The molecule has 0 aliphatic carbocycles. The van der Waals surface area contributed by atoms with E-state index in [1.54, 1.807) is 24.3 Å². The van der Waals surface area contributed by atoms with E-state index in [9.17, 15) is 5.11 Å². The number of benzene rings is 4. The summed E-state index contributed by atoms with van der Waals surface area (Å²) < 4.78 is 0. The van der Waals surface area contributed by atoms with Crippen LogP contribution in [0.15, 0.2) is 72.8 Å². The number of rotatable bonds is 0. The van der Waals surface area contributed by atoms with Crippen molar-refractivity contribution in [3.8, 4) is 23.0 Å². The van der Waals surface area contributed by atoms with Crippen molar-refractivity contribution in [3.63, 3.8) is 0 Å². The van der Waals surface area contributed by atoms with Gasteiger partial charge in [0.2, 0.25) is 0 Å². The summed E-state index contributed by atoms with van der Waals surface area (Å²) in [7, 11) is 0. The summed E-state index contributed by atoms with van der Waals surface area (Å²) in [6.45, 7) is 15.5. The van der Waals surface area contributed by atoms with E-state index in [-0.39, 0.29) is 0 Å². The predicted molar refractivity (Wildman–Crippen MR) is 150 cm³/mol. The molecule has 4 rings (SSSR count). The average Bonchev–Trinajstić information content (AvgIpc) is 2.81. The smallest absolute Gasteiger partial charge is 0.121 e. The van der Waals surface area contributed by atoms with E-state index in [1.807, 2.05) is 104 Å². The van der Waals surface area contributed by atoms with Gasteiger partial charge in [0, 0.05) is 0 Å². The van der Waals surface area contributed by atoms with E-state index < -0.39 is 0 Å². The number of phenolic OH excluding ortho intramolecular Hbond substituents is 4. The van der Waals surface area contributed by atoms with Crippen molar-refractivity contribution < 1.29 is 20.4 Å². The van der Waals surface area contributed by atoms with Gasteiger partial charge in [-0.15, -0.1) is 0 Å². The Bertz CT molecular complexity index is 1120. The maximum atomic E-state index is 9.21. The van der Waals surface area contributed by atoms with Gasteiger partial charge in [-0.25, -0.2) is 0 Å². The van der Waals surface area contributed by atoms with E-state index in [2.05, 4.69) is 0 Å². The highest BCUT2D eigenvalue weighted by Gasteiger charge is 1.95. The molecule has 0 fully saturated rings. The van der Waals surface area contributed by atoms with Gasteiger partial charge in [0.1, 0.15) is 23.0 Å². The number of phenols is 4. The van der Waals surface area contributed by atoms with Crippen molar-refractivity contribution in [3.05, 3.63) is 117 Å². The van der Waals surface area contributed by atoms with E-state index in [0.29, 0.717) is 23.0 Å². The van der Waals surface area contributed by atoms with E-state index in [0.717, 1.165) is 33.4 Å². The minimum Gasteiger partial charge on any atom is -0.508 e. The zero-order valence-electron chi connectivity index (χ0n) is 22.7. The zero-order valence-corrected chi connectivity index (χ0v) is 22.7. The molecule has 0 atom stereocenters. The highest BCUT2D eigenvalue weighted by Crippen LogP contribution is 2.19. The minimum absolute atomic E-state index is 0.345. The Morgan fingerprint density at radius 1 is 0.389 bits per heavy atom. The average molecular weight is 489 g/mol. The summed E-state index contributed by atoms with van der Waals surface area (Å²) in [6.07, 6.45) is 0. The molecule has 4 heteroatoms. The molecule has 0 saturated heterocycles. The predicted octanol–water partition coefficient (Wildman–Crippen LogP) is 8.04. The highest BCUT2D eigenvalue weighted by molar-refractivity contribution is 5.38. The van der Waals surface area contributed by atoms with Gasteiger partial charge < -0.3 is 20.4 Å². The molecule has 192 valence electrons. The number of para-hydroxylation sites is 1. The van der Waals surface area contributed by atoms with E-state index >= 15 is 0 Å². The van der Waals surface area contributed by atoms with E-state index in [4.69, 9.17) is 15.3 Å². The van der Waals surface area contributed by atoms with Crippen LogP contribution in [0.3, 0.4) is 0 Å². The standard InChI is InChI=1S/4C8H10O/c1-6-3-4-8(9)5-7(6)2;1-6-3-4-8(9)7(2)5-6;1-6-3-4-7(2)8(9)5-6;1-6-4-3-5-7(2)8(6)9/h4*3-5,9H,1-2H3. The molecule has 0 bridgehead atoms. The quantitative estimate of drug-likeness (QED) is 0.202. The lowest BCUT2D eigenvalue weighted by Gasteiger charge is -1.99. The molecule has 4 aromatic rings. The molecule has 4 nitrogen and oxygen atoms in total. The summed E-state index contributed by atoms with van der Waals surface area (Å²) in [5.74, 6) is 1.52. The normalized spacial score (nSPS) is 9.56. The lowest BCUT2D eigenvalue weighted by Crippen LogP contribution is -1.76. The lowest BCUT2D eigenvalue weighted by atomic mass is 10.1. The van der Waals surface area contributed by atoms with Gasteiger partial charge in [-0.2, -0.15) is 0 Å². The molecule has 0 aliphatic rings. The molecular weight excluding hydrogens is 448 g/mol. The third kappa shape index (κ3) is 10.6. The Labute approximate surface area is 216 Å². The van der Waals surface area contributed by atoms with Gasteiger partial charge in [0.25, 0.3) is 0 Å². The number of hydrogen-bond acceptors (Lipinski definition) is 4. The fourth-order valence-electron chi connectivity index (χ4n) is 3.06. The molecule has 0 aromatic heterocycles. The molecule has 0 radical (unpaired) electrons. The van der Waals surface area contributed by atoms with Gasteiger partial charge >= 0.3 is 0 Å². The summed E-state index contributed by atoms with van der Waals surface area (Å²) in [4.78, 5) is 0. The Kier molecular flexibility index (Phi) is 12.1. The molecule has 0 heterocycles. The van der Waals surface area contributed by atoms with Gasteiger partial charge in [-0.3, -0.25) is 0 Å². The van der Waals surface area contributed by atoms with Crippen LogP contribution in [-0.4, -0.2) is 20.4 Å². The van der Waals surface area contributed by atoms with Crippen LogP contribution in [0.25, 0.3) is 0 Å². The topological polar surface area (TPSA) is 80.9 Å². The summed E-state index contributed by atoms with van der Waals surface area (Å²) in [5, 5.41) is 36.3. The SMILES string of the molecule is Cc1ccc(C)c(O)c1.Cc1ccc(O)c(C)c1.Cc1ccc(O)cc1C.Cc1cccc(C)c1O. The van der Waals surface area contributed by atoms with E-state index in [1.165, 1.54) is 11.1 Å². The van der Waals surface area contributed by atoms with Crippen LogP contribution >= 0.6 is 0 Å². The van der Waals surface area contributed by atoms with Crippen molar-refractivity contribution in [2.45, 2.75) is 55.4 Å². The van der Waals surface area contributed by atoms with Crippen LogP contribution in [0.4, 0.5) is 0 Å². The first-order valence-corrected chi connectivity index (χ1v) is 11.9. The van der Waals surface area contributed by atoms with Gasteiger partial charge in [0.15, 0.2) is 0 Å². The molecule has 4 aromatic carbocycles. The van der Waals surface area contributed by atoms with Crippen LogP contribution in [0.2, 0.25) is 0 Å². The fraction of sp³-hybridized carbons (Fsp3) is 0.250. The highest BCUT2D eigenvalue weighted by atomic mass is 16.3. The van der Waals surface area contributed by atoms with Crippen molar-refractivity contribution in [2.24, 2.45) is 0 Å². The van der Waals surface area contributed by atoms with Gasteiger partial charge in [0.05, 0.1) is 0 Å².